The highest BCUT2D eigenvalue weighted by atomic mass is 32.2. The van der Waals surface area contributed by atoms with Gasteiger partial charge in [0.15, 0.2) is 0 Å². The molecule has 0 atom stereocenters. The fourth-order valence-corrected chi connectivity index (χ4v) is 4.57. The Balaban J connectivity index is 1.60. The third-order valence-corrected chi connectivity index (χ3v) is 6.54. The molecule has 12 heteroatoms. The minimum Gasteiger partial charge on any atom is -0.342 e. The number of rotatable bonds is 5. The number of aromatic amines is 1. The van der Waals surface area contributed by atoms with Crippen LogP contribution in [0.3, 0.4) is 0 Å². The summed E-state index contributed by atoms with van der Waals surface area (Å²) in [6.45, 7) is -1.04. The highest BCUT2D eigenvalue weighted by molar-refractivity contribution is 7.89. The number of H-pyrrole nitrogens is 1. The van der Waals surface area contributed by atoms with E-state index in [-0.39, 0.29) is 29.6 Å². The van der Waals surface area contributed by atoms with Crippen molar-refractivity contribution in [3.63, 3.8) is 0 Å². The Morgan fingerprint density at radius 2 is 1.83 bits per heavy atom. The van der Waals surface area contributed by atoms with Crippen molar-refractivity contribution in [3.8, 4) is 0 Å². The zero-order chi connectivity index (χ0) is 21.2. The molecule has 0 unspecified atom stereocenters. The zero-order valence-corrected chi connectivity index (χ0v) is 15.9. The second-order valence-electron chi connectivity index (χ2n) is 6.64. The Bertz CT molecular complexity index is 965. The van der Waals surface area contributed by atoms with Gasteiger partial charge in [0.25, 0.3) is 5.91 Å². The molecule has 29 heavy (non-hydrogen) atoms. The van der Waals surface area contributed by atoms with Crippen molar-refractivity contribution in [1.82, 2.24) is 19.8 Å². The van der Waals surface area contributed by atoms with Gasteiger partial charge >= 0.3 is 6.18 Å². The molecule has 1 aliphatic heterocycles. The molecule has 7 nitrogen and oxygen atoms in total. The van der Waals surface area contributed by atoms with Crippen LogP contribution in [0.1, 0.15) is 34.9 Å². The Morgan fingerprint density at radius 1 is 1.21 bits per heavy atom. The topological polar surface area (TPSA) is 95.2 Å². The minimum atomic E-state index is -4.52. The van der Waals surface area contributed by atoms with Gasteiger partial charge in [-0.3, -0.25) is 9.89 Å². The summed E-state index contributed by atoms with van der Waals surface area (Å²) < 4.78 is 76.1. The standard InChI is InChI=1S/C17H18F4N4O3S/c18-12-1-3-13(4-2-12)29(27,28)25-7-5-11(6-8-25)14-9-15(24-23-14)16(26)22-10-17(19,20)21/h1-4,9,11H,5-8,10H2,(H,22,26)(H,23,24). The summed E-state index contributed by atoms with van der Waals surface area (Å²) in [5.41, 5.74) is 0.395. The maximum atomic E-state index is 13.0. The van der Waals surface area contributed by atoms with E-state index >= 15 is 0 Å². The van der Waals surface area contributed by atoms with E-state index < -0.39 is 34.5 Å². The van der Waals surface area contributed by atoms with E-state index in [0.29, 0.717) is 18.5 Å². The van der Waals surface area contributed by atoms with Gasteiger partial charge in [-0.15, -0.1) is 0 Å². The molecule has 0 bridgehead atoms. The Kier molecular flexibility index (Phi) is 5.94. The van der Waals surface area contributed by atoms with Crippen molar-refractivity contribution < 1.29 is 30.8 Å². The molecule has 2 heterocycles. The number of carbonyl (C=O) groups is 1. The van der Waals surface area contributed by atoms with Crippen LogP contribution in [0.2, 0.25) is 0 Å². The summed E-state index contributed by atoms with van der Waals surface area (Å²) in [5.74, 6) is -1.59. The van der Waals surface area contributed by atoms with Crippen LogP contribution in [0, 0.1) is 5.82 Å². The number of hydrogen-bond acceptors (Lipinski definition) is 4. The van der Waals surface area contributed by atoms with E-state index in [4.69, 9.17) is 0 Å². The summed E-state index contributed by atoms with van der Waals surface area (Å²) in [6.07, 6.45) is -3.64. The van der Waals surface area contributed by atoms with Gasteiger partial charge in [-0.1, -0.05) is 0 Å². The Hall–Kier alpha value is -2.47. The first kappa shape index (κ1) is 21.2. The lowest BCUT2D eigenvalue weighted by Gasteiger charge is -2.30. The van der Waals surface area contributed by atoms with E-state index in [2.05, 4.69) is 10.2 Å². The molecule has 158 valence electrons. The van der Waals surface area contributed by atoms with E-state index in [1.165, 1.54) is 22.5 Å². The van der Waals surface area contributed by atoms with Crippen LogP contribution in [0.5, 0.6) is 0 Å². The van der Waals surface area contributed by atoms with Gasteiger partial charge < -0.3 is 5.32 Å². The summed E-state index contributed by atoms with van der Waals surface area (Å²) in [7, 11) is -3.74. The molecule has 0 saturated carbocycles. The van der Waals surface area contributed by atoms with Gasteiger partial charge in [0.05, 0.1) is 4.90 Å². The molecule has 3 rings (SSSR count). The average molecular weight is 434 g/mol. The quantitative estimate of drug-likeness (QED) is 0.707. The second-order valence-corrected chi connectivity index (χ2v) is 8.58. The molecule has 1 aromatic carbocycles. The fourth-order valence-electron chi connectivity index (χ4n) is 3.10. The van der Waals surface area contributed by atoms with Crippen LogP contribution in [-0.4, -0.2) is 54.6 Å². The predicted octanol–water partition coefficient (Wildman–Crippen LogP) is 2.41. The number of benzene rings is 1. The van der Waals surface area contributed by atoms with E-state index in [1.54, 1.807) is 5.32 Å². The number of piperidine rings is 1. The van der Waals surface area contributed by atoms with Crippen molar-refractivity contribution >= 4 is 15.9 Å². The SMILES string of the molecule is O=C(NCC(F)(F)F)c1cc(C2CCN(S(=O)(=O)c3ccc(F)cc3)CC2)[nH]n1. The molecule has 2 aromatic rings. The zero-order valence-electron chi connectivity index (χ0n) is 15.0. The van der Waals surface area contributed by atoms with Crippen LogP contribution in [0.4, 0.5) is 17.6 Å². The molecular weight excluding hydrogens is 416 g/mol. The molecule has 0 radical (unpaired) electrons. The van der Waals surface area contributed by atoms with Crippen LogP contribution < -0.4 is 5.32 Å². The number of nitrogens with zero attached hydrogens (tertiary/aromatic N) is 2. The maximum Gasteiger partial charge on any atom is 0.405 e. The number of hydrogen-bond donors (Lipinski definition) is 2. The van der Waals surface area contributed by atoms with Crippen LogP contribution in [0.15, 0.2) is 35.2 Å². The number of aromatic nitrogens is 2. The molecule has 1 aliphatic rings. The van der Waals surface area contributed by atoms with Gasteiger partial charge in [-0.05, 0) is 43.2 Å². The van der Waals surface area contributed by atoms with E-state index in [1.807, 2.05) is 0 Å². The van der Waals surface area contributed by atoms with Crippen molar-refractivity contribution in [2.45, 2.75) is 29.8 Å². The number of amides is 1. The molecule has 1 saturated heterocycles. The molecule has 1 amide bonds. The third-order valence-electron chi connectivity index (χ3n) is 4.62. The van der Waals surface area contributed by atoms with Gasteiger partial charge in [0.2, 0.25) is 10.0 Å². The Labute approximate surface area is 164 Å². The second kappa shape index (κ2) is 8.11. The molecule has 1 aromatic heterocycles. The summed E-state index contributed by atoms with van der Waals surface area (Å²) >= 11 is 0. The summed E-state index contributed by atoms with van der Waals surface area (Å²) in [6, 6.07) is 5.95. The smallest absolute Gasteiger partial charge is 0.342 e. The van der Waals surface area contributed by atoms with Crippen molar-refractivity contribution in [2.75, 3.05) is 19.6 Å². The lowest BCUT2D eigenvalue weighted by atomic mass is 9.94. The van der Waals surface area contributed by atoms with Crippen LogP contribution in [-0.2, 0) is 10.0 Å². The van der Waals surface area contributed by atoms with Crippen molar-refractivity contribution in [3.05, 3.63) is 47.5 Å². The van der Waals surface area contributed by atoms with Gasteiger partial charge in [0.1, 0.15) is 18.1 Å². The van der Waals surface area contributed by atoms with Gasteiger partial charge in [-0.25, -0.2) is 12.8 Å². The van der Waals surface area contributed by atoms with Crippen molar-refractivity contribution in [1.29, 1.82) is 0 Å². The molecule has 0 spiro atoms. The highest BCUT2D eigenvalue weighted by Crippen LogP contribution is 2.30. The maximum absolute atomic E-state index is 13.0. The van der Waals surface area contributed by atoms with Crippen LogP contribution in [0.25, 0.3) is 0 Å². The first-order chi connectivity index (χ1) is 13.6. The molecule has 1 fully saturated rings. The molecule has 0 aliphatic carbocycles. The summed E-state index contributed by atoms with van der Waals surface area (Å²) in [5, 5.41) is 8.13. The Morgan fingerprint density at radius 3 is 2.41 bits per heavy atom. The first-order valence-corrected chi connectivity index (χ1v) is 10.2. The van der Waals surface area contributed by atoms with E-state index in [9.17, 15) is 30.8 Å². The number of alkyl halides is 3. The van der Waals surface area contributed by atoms with Gasteiger partial charge in [0, 0.05) is 24.7 Å². The largest absolute Gasteiger partial charge is 0.405 e. The average Bonchev–Trinajstić information content (AvgIpc) is 3.16. The third kappa shape index (κ3) is 5.12. The normalized spacial score (nSPS) is 16.7. The summed E-state index contributed by atoms with van der Waals surface area (Å²) in [4.78, 5) is 11.7. The number of sulfonamides is 1. The first-order valence-electron chi connectivity index (χ1n) is 8.72. The van der Waals surface area contributed by atoms with Crippen molar-refractivity contribution in [2.24, 2.45) is 0 Å². The lowest BCUT2D eigenvalue weighted by molar-refractivity contribution is -0.123. The number of halogens is 4. The lowest BCUT2D eigenvalue weighted by Crippen LogP contribution is -2.38. The highest BCUT2D eigenvalue weighted by Gasteiger charge is 2.31. The minimum absolute atomic E-state index is 0.00233. The van der Waals surface area contributed by atoms with E-state index in [0.717, 1.165) is 12.1 Å². The number of nitrogens with one attached hydrogen (secondary N) is 2. The molecular formula is C17H18F4N4O3S. The predicted molar refractivity (Wildman–Crippen MR) is 94.1 cm³/mol. The van der Waals surface area contributed by atoms with Gasteiger partial charge in [-0.2, -0.15) is 22.6 Å². The monoisotopic (exact) mass is 434 g/mol. The molecule has 2 N–H and O–H groups in total. The van der Waals surface area contributed by atoms with Crippen LogP contribution >= 0.6 is 0 Å². The number of carbonyl (C=O) groups excluding carboxylic acids is 1. The fraction of sp³-hybridized carbons (Fsp3) is 0.412.